The summed E-state index contributed by atoms with van der Waals surface area (Å²) in [6.45, 7) is 5.78. The normalized spacial score (nSPS) is 12.2. The van der Waals surface area contributed by atoms with Gasteiger partial charge in [0.15, 0.2) is 5.65 Å². The molecule has 2 N–H and O–H groups in total. The maximum Gasteiger partial charge on any atom is 0.433 e. The van der Waals surface area contributed by atoms with Crippen molar-refractivity contribution < 1.29 is 13.2 Å². The summed E-state index contributed by atoms with van der Waals surface area (Å²) in [5.74, 6) is 0.746. The molecule has 0 spiro atoms. The molecule has 0 bridgehead atoms. The molecule has 6 nitrogen and oxygen atoms in total. The zero-order valence-electron chi connectivity index (χ0n) is 15.1. The zero-order valence-corrected chi connectivity index (χ0v) is 15.1. The number of aromatic nitrogens is 4. The van der Waals surface area contributed by atoms with E-state index >= 15 is 0 Å². The molecule has 0 saturated carbocycles. The van der Waals surface area contributed by atoms with E-state index in [4.69, 9.17) is 0 Å². The van der Waals surface area contributed by atoms with Crippen LogP contribution in [0, 0.1) is 0 Å². The van der Waals surface area contributed by atoms with E-state index in [1.165, 1.54) is 12.1 Å². The molecule has 27 heavy (non-hydrogen) atoms. The summed E-state index contributed by atoms with van der Waals surface area (Å²) in [7, 11) is 0. The molecule has 3 aromatic heterocycles. The summed E-state index contributed by atoms with van der Waals surface area (Å²) in [6.07, 6.45) is -1.79. The molecule has 0 unspecified atom stereocenters. The number of alkyl halides is 3. The third-order valence-corrected chi connectivity index (χ3v) is 3.56. The van der Waals surface area contributed by atoms with E-state index in [0.717, 1.165) is 6.20 Å². The topological polar surface area (TPSA) is 75.6 Å². The summed E-state index contributed by atoms with van der Waals surface area (Å²) in [6, 6.07) is 6.34. The highest BCUT2D eigenvalue weighted by molar-refractivity contribution is 5.87. The third kappa shape index (κ3) is 4.60. The predicted molar refractivity (Wildman–Crippen MR) is 97.3 cm³/mol. The molecule has 0 radical (unpaired) electrons. The van der Waals surface area contributed by atoms with Crippen LogP contribution in [0.3, 0.4) is 0 Å². The van der Waals surface area contributed by atoms with Gasteiger partial charge < -0.3 is 10.6 Å². The van der Waals surface area contributed by atoms with Crippen molar-refractivity contribution in [3.63, 3.8) is 0 Å². The van der Waals surface area contributed by atoms with Crippen molar-refractivity contribution >= 4 is 22.8 Å². The zero-order chi connectivity index (χ0) is 19.7. The van der Waals surface area contributed by atoms with Gasteiger partial charge in [-0.2, -0.15) is 23.1 Å². The molecule has 0 saturated heterocycles. The van der Waals surface area contributed by atoms with Crippen molar-refractivity contribution in [3.05, 3.63) is 47.9 Å². The Balaban J connectivity index is 1.95. The Morgan fingerprint density at radius 3 is 2.37 bits per heavy atom. The van der Waals surface area contributed by atoms with Crippen LogP contribution in [0.25, 0.3) is 11.0 Å². The second kappa shape index (κ2) is 6.98. The number of fused-ring (bicyclic) bond motifs is 1. The molecule has 142 valence electrons. The molecule has 3 aromatic rings. The molecule has 3 rings (SSSR count). The maximum atomic E-state index is 13.1. The molecule has 0 aliphatic heterocycles. The molecule has 0 aliphatic carbocycles. The Labute approximate surface area is 154 Å². The molecule has 0 aliphatic rings. The number of rotatable bonds is 4. The van der Waals surface area contributed by atoms with Crippen molar-refractivity contribution in [1.29, 1.82) is 0 Å². The lowest BCUT2D eigenvalue weighted by molar-refractivity contribution is -0.141. The number of hydrogen-bond donors (Lipinski definition) is 2. The Hall–Kier alpha value is -2.97. The number of nitrogens with one attached hydrogen (secondary N) is 2. The quantitative estimate of drug-likeness (QED) is 0.709. The van der Waals surface area contributed by atoms with E-state index < -0.39 is 11.9 Å². The van der Waals surface area contributed by atoms with Gasteiger partial charge in [0.05, 0.1) is 5.39 Å². The minimum Gasteiger partial charge on any atom is -0.365 e. The van der Waals surface area contributed by atoms with Crippen molar-refractivity contribution in [2.75, 3.05) is 10.6 Å². The Bertz CT molecular complexity index is 950. The average Bonchev–Trinajstić information content (AvgIpc) is 2.57. The van der Waals surface area contributed by atoms with E-state index in [-0.39, 0.29) is 17.6 Å². The number of pyridine rings is 2. The Kier molecular flexibility index (Phi) is 4.86. The van der Waals surface area contributed by atoms with Crippen LogP contribution in [-0.4, -0.2) is 25.5 Å². The van der Waals surface area contributed by atoms with Crippen LogP contribution in [0.15, 0.2) is 36.7 Å². The van der Waals surface area contributed by atoms with Crippen molar-refractivity contribution in [2.24, 2.45) is 0 Å². The van der Waals surface area contributed by atoms with Gasteiger partial charge in [-0.25, -0.2) is 4.98 Å². The molecule has 0 aromatic carbocycles. The van der Waals surface area contributed by atoms with Crippen LogP contribution in [0.4, 0.5) is 24.9 Å². The van der Waals surface area contributed by atoms with E-state index in [1.807, 2.05) is 20.8 Å². The van der Waals surface area contributed by atoms with Crippen LogP contribution in [0.1, 0.15) is 32.0 Å². The fraction of sp³-hybridized carbons (Fsp3) is 0.333. The number of hydrogen-bond acceptors (Lipinski definition) is 6. The van der Waals surface area contributed by atoms with Crippen LogP contribution < -0.4 is 10.6 Å². The van der Waals surface area contributed by atoms with Crippen molar-refractivity contribution in [2.45, 2.75) is 39.0 Å². The van der Waals surface area contributed by atoms with Gasteiger partial charge in [0.25, 0.3) is 0 Å². The molecule has 9 heteroatoms. The van der Waals surface area contributed by atoms with Crippen LogP contribution >= 0.6 is 0 Å². The average molecular weight is 376 g/mol. The minimum absolute atomic E-state index is 0.0333. The first-order valence-corrected chi connectivity index (χ1v) is 8.29. The van der Waals surface area contributed by atoms with Gasteiger partial charge in [0.1, 0.15) is 11.5 Å². The summed E-state index contributed by atoms with van der Waals surface area (Å²) in [4.78, 5) is 16.5. The molecular weight excluding hydrogens is 357 g/mol. The standard InChI is InChI=1S/C18H19F3N6/c1-17(2,3)27-16-25-14-12(7-5-9-23-14)15(26-16)24-10-11-6-4-8-22-13(11)18(19,20)21/h4-9H,10H2,1-3H3,(H2,23,24,25,26,27). The van der Waals surface area contributed by atoms with Gasteiger partial charge in [-0.3, -0.25) is 4.98 Å². The molecule has 0 fully saturated rings. The highest BCUT2D eigenvalue weighted by Gasteiger charge is 2.34. The van der Waals surface area contributed by atoms with E-state index in [2.05, 4.69) is 30.6 Å². The van der Waals surface area contributed by atoms with Crippen molar-refractivity contribution in [3.8, 4) is 0 Å². The molecule has 0 amide bonds. The van der Waals surface area contributed by atoms with E-state index in [9.17, 15) is 13.2 Å². The van der Waals surface area contributed by atoms with E-state index in [1.54, 1.807) is 18.3 Å². The first-order valence-electron chi connectivity index (χ1n) is 8.29. The van der Waals surface area contributed by atoms with Gasteiger partial charge >= 0.3 is 6.18 Å². The summed E-state index contributed by atoms with van der Waals surface area (Å²) in [5.41, 5.74) is -0.719. The lowest BCUT2D eigenvalue weighted by atomic mass is 10.1. The maximum absolute atomic E-state index is 13.1. The van der Waals surface area contributed by atoms with Gasteiger partial charge in [0, 0.05) is 30.0 Å². The third-order valence-electron chi connectivity index (χ3n) is 3.56. The number of nitrogens with zero attached hydrogens (tertiary/aromatic N) is 4. The van der Waals surface area contributed by atoms with Crippen molar-refractivity contribution in [1.82, 2.24) is 19.9 Å². The second-order valence-corrected chi connectivity index (χ2v) is 7.01. The highest BCUT2D eigenvalue weighted by atomic mass is 19.4. The summed E-state index contributed by atoms with van der Waals surface area (Å²) < 4.78 is 39.4. The van der Waals surface area contributed by atoms with Crippen LogP contribution in [0.5, 0.6) is 0 Å². The molecule has 3 heterocycles. The SMILES string of the molecule is CC(C)(C)Nc1nc(NCc2cccnc2C(F)(F)F)c2cccnc2n1. The molecule has 0 atom stereocenters. The smallest absolute Gasteiger partial charge is 0.365 e. The van der Waals surface area contributed by atoms with Gasteiger partial charge in [0.2, 0.25) is 5.95 Å². The van der Waals surface area contributed by atoms with Gasteiger partial charge in [-0.15, -0.1) is 0 Å². The number of anilines is 2. The molecular formula is C18H19F3N6. The van der Waals surface area contributed by atoms with Gasteiger partial charge in [-0.1, -0.05) is 6.07 Å². The highest BCUT2D eigenvalue weighted by Crippen LogP contribution is 2.30. The number of halogens is 3. The Morgan fingerprint density at radius 1 is 0.963 bits per heavy atom. The monoisotopic (exact) mass is 376 g/mol. The first kappa shape index (κ1) is 18.8. The second-order valence-electron chi connectivity index (χ2n) is 7.01. The minimum atomic E-state index is -4.52. The largest absolute Gasteiger partial charge is 0.433 e. The summed E-state index contributed by atoms with van der Waals surface area (Å²) >= 11 is 0. The van der Waals surface area contributed by atoms with E-state index in [0.29, 0.717) is 22.8 Å². The first-order chi connectivity index (χ1) is 12.6. The fourth-order valence-electron chi connectivity index (χ4n) is 2.50. The predicted octanol–water partition coefficient (Wildman–Crippen LogP) is 4.26. The lowest BCUT2D eigenvalue weighted by Gasteiger charge is -2.21. The lowest BCUT2D eigenvalue weighted by Crippen LogP contribution is -2.27. The fourth-order valence-corrected chi connectivity index (χ4v) is 2.50. The summed E-state index contributed by atoms with van der Waals surface area (Å²) in [5, 5.41) is 6.74. The van der Waals surface area contributed by atoms with Crippen LogP contribution in [0.2, 0.25) is 0 Å². The van der Waals surface area contributed by atoms with Crippen LogP contribution in [-0.2, 0) is 12.7 Å². The van der Waals surface area contributed by atoms with Gasteiger partial charge in [-0.05, 0) is 39.0 Å². The Morgan fingerprint density at radius 2 is 1.67 bits per heavy atom.